The van der Waals surface area contributed by atoms with Gasteiger partial charge in [0.2, 0.25) is 0 Å². The summed E-state index contributed by atoms with van der Waals surface area (Å²) in [6.45, 7) is 0. The van der Waals surface area contributed by atoms with Gasteiger partial charge < -0.3 is 4.57 Å². The van der Waals surface area contributed by atoms with Gasteiger partial charge in [-0.1, -0.05) is 152 Å². The van der Waals surface area contributed by atoms with Gasteiger partial charge in [-0.25, -0.2) is 15.0 Å². The first kappa shape index (κ1) is 32.0. The van der Waals surface area contributed by atoms with Gasteiger partial charge >= 0.3 is 0 Å². The fraction of sp³-hybridized carbons (Fsp3) is 0.0192. The number of hydrogen-bond acceptors (Lipinski definition) is 3. The Morgan fingerprint density at radius 2 is 0.893 bits per heavy atom. The summed E-state index contributed by atoms with van der Waals surface area (Å²) in [5, 5.41) is 2.50. The molecule has 56 heavy (non-hydrogen) atoms. The second kappa shape index (κ2) is 13.2. The molecule has 0 aliphatic heterocycles. The fourth-order valence-corrected chi connectivity index (χ4v) is 8.41. The van der Waals surface area contributed by atoms with E-state index in [1.54, 1.807) is 0 Å². The molecule has 2 heterocycles. The molecule has 0 unspecified atom stereocenters. The van der Waals surface area contributed by atoms with Gasteiger partial charge in [0.25, 0.3) is 0 Å². The van der Waals surface area contributed by atoms with E-state index in [0.29, 0.717) is 17.5 Å². The molecule has 0 saturated heterocycles. The number of hydrogen-bond donors (Lipinski definition) is 0. The van der Waals surface area contributed by atoms with Crippen LogP contribution >= 0.6 is 0 Å². The summed E-state index contributed by atoms with van der Waals surface area (Å²) in [7, 11) is 0. The molecule has 1 aliphatic carbocycles. The highest BCUT2D eigenvalue weighted by atomic mass is 15.0. The van der Waals surface area contributed by atoms with Gasteiger partial charge in [-0.2, -0.15) is 0 Å². The maximum absolute atomic E-state index is 5.11. The van der Waals surface area contributed by atoms with E-state index in [0.717, 1.165) is 23.1 Å². The Morgan fingerprint density at radius 3 is 1.62 bits per heavy atom. The van der Waals surface area contributed by atoms with Crippen LogP contribution in [-0.2, 0) is 6.42 Å². The molecule has 262 valence electrons. The van der Waals surface area contributed by atoms with Gasteiger partial charge in [0.05, 0.1) is 11.0 Å². The normalized spacial score (nSPS) is 11.9. The molecular weight excluding hydrogens is 681 g/mol. The second-order valence-electron chi connectivity index (χ2n) is 14.4. The number of fused-ring (bicyclic) bond motifs is 6. The van der Waals surface area contributed by atoms with E-state index in [4.69, 9.17) is 15.0 Å². The average Bonchev–Trinajstić information content (AvgIpc) is 3.82. The topological polar surface area (TPSA) is 43.6 Å². The van der Waals surface area contributed by atoms with Crippen molar-refractivity contribution in [2.75, 3.05) is 0 Å². The maximum atomic E-state index is 5.11. The smallest absolute Gasteiger partial charge is 0.164 e. The van der Waals surface area contributed by atoms with E-state index >= 15 is 0 Å². The van der Waals surface area contributed by atoms with Gasteiger partial charge in [0.1, 0.15) is 0 Å². The van der Waals surface area contributed by atoms with Crippen molar-refractivity contribution in [2.24, 2.45) is 0 Å². The van der Waals surface area contributed by atoms with Crippen molar-refractivity contribution in [3.05, 3.63) is 205 Å². The molecule has 4 nitrogen and oxygen atoms in total. The highest BCUT2D eigenvalue weighted by Crippen LogP contribution is 2.45. The van der Waals surface area contributed by atoms with Gasteiger partial charge in [-0.3, -0.25) is 0 Å². The van der Waals surface area contributed by atoms with Crippen LogP contribution < -0.4 is 0 Å². The Balaban J connectivity index is 1.01. The van der Waals surface area contributed by atoms with E-state index in [2.05, 4.69) is 162 Å². The summed E-state index contributed by atoms with van der Waals surface area (Å²) in [5.41, 5.74) is 16.3. The van der Waals surface area contributed by atoms with Crippen molar-refractivity contribution in [3.8, 4) is 73.2 Å². The maximum Gasteiger partial charge on any atom is 0.164 e. The van der Waals surface area contributed by atoms with Crippen LogP contribution in [0.2, 0.25) is 0 Å². The summed E-state index contributed by atoms with van der Waals surface area (Å²) in [6, 6.07) is 68.9. The summed E-state index contributed by atoms with van der Waals surface area (Å²) in [4.78, 5) is 15.2. The Labute approximate surface area is 325 Å². The first-order chi connectivity index (χ1) is 27.7. The molecule has 1 aliphatic rings. The van der Waals surface area contributed by atoms with E-state index in [-0.39, 0.29) is 0 Å². The van der Waals surface area contributed by atoms with Crippen LogP contribution in [0, 0.1) is 0 Å². The Morgan fingerprint density at radius 1 is 0.339 bits per heavy atom. The quantitative estimate of drug-likeness (QED) is 0.172. The molecule has 0 fully saturated rings. The predicted octanol–water partition coefficient (Wildman–Crippen LogP) is 12.9. The molecule has 8 aromatic carbocycles. The average molecular weight is 715 g/mol. The standard InChI is InChI=1S/C52H34N4/c1-4-14-34(15-5-1)50-53-51(35-16-6-2-7-17-35)55-52(54-50)44-24-13-20-41-31-40-27-26-38(32-45(40)49(41)44)36-18-12-19-37(30-36)39-28-29-48-46(33-39)43-23-10-11-25-47(43)56(48)42-21-8-3-9-22-42/h1-30,32-33H,31H2. The van der Waals surface area contributed by atoms with Crippen molar-refractivity contribution < 1.29 is 0 Å². The van der Waals surface area contributed by atoms with Crippen LogP contribution in [-0.4, -0.2) is 19.5 Å². The van der Waals surface area contributed by atoms with Crippen molar-refractivity contribution in [3.63, 3.8) is 0 Å². The van der Waals surface area contributed by atoms with E-state index in [1.807, 2.05) is 36.4 Å². The van der Waals surface area contributed by atoms with E-state index in [9.17, 15) is 0 Å². The minimum atomic E-state index is 0.665. The van der Waals surface area contributed by atoms with E-state index in [1.165, 1.54) is 72.0 Å². The van der Waals surface area contributed by atoms with Crippen molar-refractivity contribution >= 4 is 21.8 Å². The Kier molecular flexibility index (Phi) is 7.52. The summed E-state index contributed by atoms with van der Waals surface area (Å²) < 4.78 is 2.36. The predicted molar refractivity (Wildman–Crippen MR) is 230 cm³/mol. The Hall–Kier alpha value is -7.43. The molecule has 0 atom stereocenters. The number of rotatable bonds is 6. The molecule has 0 amide bonds. The fourth-order valence-electron chi connectivity index (χ4n) is 8.41. The van der Waals surface area contributed by atoms with Gasteiger partial charge in [-0.15, -0.1) is 0 Å². The lowest BCUT2D eigenvalue weighted by atomic mass is 9.94. The molecule has 0 N–H and O–H groups in total. The van der Waals surface area contributed by atoms with Crippen LogP contribution in [0.1, 0.15) is 11.1 Å². The second-order valence-corrected chi connectivity index (χ2v) is 14.4. The number of nitrogens with zero attached hydrogens (tertiary/aromatic N) is 4. The molecular formula is C52H34N4. The first-order valence-electron chi connectivity index (χ1n) is 19.1. The van der Waals surface area contributed by atoms with Crippen LogP contribution in [0.25, 0.3) is 95.0 Å². The lowest BCUT2D eigenvalue weighted by Gasteiger charge is -2.13. The number of para-hydroxylation sites is 2. The summed E-state index contributed by atoms with van der Waals surface area (Å²) in [6.07, 6.45) is 0.873. The van der Waals surface area contributed by atoms with Crippen molar-refractivity contribution in [2.45, 2.75) is 6.42 Å². The molecule has 0 saturated carbocycles. The summed E-state index contributed by atoms with van der Waals surface area (Å²) >= 11 is 0. The third-order valence-electron chi connectivity index (χ3n) is 11.1. The number of aromatic nitrogens is 4. The highest BCUT2D eigenvalue weighted by Gasteiger charge is 2.25. The zero-order valence-corrected chi connectivity index (χ0v) is 30.5. The Bertz CT molecular complexity index is 3040. The summed E-state index contributed by atoms with van der Waals surface area (Å²) in [5.74, 6) is 2.01. The molecule has 10 aromatic rings. The van der Waals surface area contributed by atoms with Gasteiger partial charge in [0, 0.05) is 33.2 Å². The molecule has 0 spiro atoms. The highest BCUT2D eigenvalue weighted by molar-refractivity contribution is 6.10. The largest absolute Gasteiger partial charge is 0.309 e. The molecule has 0 radical (unpaired) electrons. The third-order valence-corrected chi connectivity index (χ3v) is 11.1. The zero-order valence-electron chi connectivity index (χ0n) is 30.5. The monoisotopic (exact) mass is 714 g/mol. The minimum absolute atomic E-state index is 0.665. The lowest BCUT2D eigenvalue weighted by molar-refractivity contribution is 1.07. The van der Waals surface area contributed by atoms with Crippen LogP contribution in [0.5, 0.6) is 0 Å². The molecule has 11 rings (SSSR count). The minimum Gasteiger partial charge on any atom is -0.309 e. The molecule has 4 heteroatoms. The van der Waals surface area contributed by atoms with Gasteiger partial charge in [-0.05, 0) is 93.4 Å². The zero-order chi connectivity index (χ0) is 37.0. The number of benzene rings is 8. The molecule has 2 aromatic heterocycles. The SMILES string of the molecule is c1ccc(-c2nc(-c3ccccc3)nc(-c3cccc4c3-c3cc(-c5cccc(-c6ccc7c(c6)c6ccccc6n7-c6ccccc6)c5)ccc3C4)n2)cc1. The third kappa shape index (κ3) is 5.42. The lowest BCUT2D eigenvalue weighted by Crippen LogP contribution is -2.01. The molecule has 0 bridgehead atoms. The van der Waals surface area contributed by atoms with Crippen LogP contribution in [0.4, 0.5) is 0 Å². The van der Waals surface area contributed by atoms with Gasteiger partial charge in [0.15, 0.2) is 17.5 Å². The van der Waals surface area contributed by atoms with E-state index < -0.39 is 0 Å². The van der Waals surface area contributed by atoms with Crippen LogP contribution in [0.3, 0.4) is 0 Å². The van der Waals surface area contributed by atoms with Crippen molar-refractivity contribution in [1.29, 1.82) is 0 Å². The van der Waals surface area contributed by atoms with Crippen molar-refractivity contribution in [1.82, 2.24) is 19.5 Å². The first-order valence-corrected chi connectivity index (χ1v) is 19.1. The van der Waals surface area contributed by atoms with Crippen LogP contribution in [0.15, 0.2) is 194 Å².